The van der Waals surface area contributed by atoms with Crippen molar-refractivity contribution in [1.29, 1.82) is 0 Å². The molecule has 0 spiro atoms. The summed E-state index contributed by atoms with van der Waals surface area (Å²) in [4.78, 5) is 17.8. The molecule has 1 aliphatic heterocycles. The summed E-state index contributed by atoms with van der Waals surface area (Å²) in [6.07, 6.45) is 1.81. The van der Waals surface area contributed by atoms with Crippen LogP contribution in [0.2, 0.25) is 0 Å². The topological polar surface area (TPSA) is 79.4 Å². The second-order valence-electron chi connectivity index (χ2n) is 8.56. The minimum atomic E-state index is -3.48. The Bertz CT molecular complexity index is 1320. The van der Waals surface area contributed by atoms with E-state index in [0.717, 1.165) is 51.1 Å². The van der Waals surface area contributed by atoms with Crippen molar-refractivity contribution in [2.24, 2.45) is 0 Å². The number of sulfonamides is 1. The van der Waals surface area contributed by atoms with Crippen molar-refractivity contribution in [3.8, 4) is 0 Å². The quantitative estimate of drug-likeness (QED) is 0.496. The van der Waals surface area contributed by atoms with Gasteiger partial charge in [0.1, 0.15) is 0 Å². The van der Waals surface area contributed by atoms with Gasteiger partial charge < -0.3 is 5.32 Å². The second kappa shape index (κ2) is 9.44. The Labute approximate surface area is 199 Å². The second-order valence-corrected chi connectivity index (χ2v) is 11.9. The molecule has 6 nitrogen and oxygen atoms in total. The molecule has 1 amide bonds. The van der Waals surface area contributed by atoms with E-state index in [0.29, 0.717) is 18.0 Å². The molecule has 3 aromatic rings. The van der Waals surface area contributed by atoms with E-state index in [4.69, 9.17) is 4.98 Å². The lowest BCUT2D eigenvalue weighted by atomic mass is 10.1. The summed E-state index contributed by atoms with van der Waals surface area (Å²) in [5, 5.41) is 4.22. The maximum absolute atomic E-state index is 12.9. The van der Waals surface area contributed by atoms with Gasteiger partial charge in [-0.05, 0) is 87.6 Å². The molecule has 4 rings (SSSR count). The number of carbonyl (C=O) groups excluding carboxylic acids is 1. The summed E-state index contributed by atoms with van der Waals surface area (Å²) in [6, 6.07) is 12.9. The van der Waals surface area contributed by atoms with E-state index in [2.05, 4.69) is 5.32 Å². The molecule has 1 N–H and O–H groups in total. The molecular weight excluding hydrogens is 454 g/mol. The van der Waals surface area contributed by atoms with Crippen LogP contribution < -0.4 is 5.32 Å². The molecule has 2 heterocycles. The molecule has 0 aliphatic carbocycles. The van der Waals surface area contributed by atoms with Crippen molar-refractivity contribution in [2.75, 3.05) is 18.4 Å². The predicted molar refractivity (Wildman–Crippen MR) is 134 cm³/mol. The maximum Gasteiger partial charge on any atom is 0.243 e. The van der Waals surface area contributed by atoms with Crippen molar-refractivity contribution in [1.82, 2.24) is 9.29 Å². The van der Waals surface area contributed by atoms with E-state index in [-0.39, 0.29) is 11.2 Å². The summed E-state index contributed by atoms with van der Waals surface area (Å²) in [7, 11) is -3.48. The smallest absolute Gasteiger partial charge is 0.243 e. The zero-order chi connectivity index (χ0) is 23.8. The lowest BCUT2D eigenvalue weighted by Gasteiger charge is -2.17. The molecule has 0 saturated carbocycles. The molecule has 0 radical (unpaired) electrons. The Morgan fingerprint density at radius 2 is 1.79 bits per heavy atom. The fourth-order valence-corrected chi connectivity index (χ4v) is 6.46. The Morgan fingerprint density at radius 1 is 1.06 bits per heavy atom. The monoisotopic (exact) mass is 483 g/mol. The number of hydrogen-bond donors (Lipinski definition) is 1. The first kappa shape index (κ1) is 23.7. The summed E-state index contributed by atoms with van der Waals surface area (Å²) >= 11 is 1.39. The number of aromatic nitrogens is 1. The number of fused-ring (bicyclic) bond motifs is 1. The summed E-state index contributed by atoms with van der Waals surface area (Å²) in [6.45, 7) is 8.98. The van der Waals surface area contributed by atoms with E-state index in [1.807, 2.05) is 52.0 Å². The van der Waals surface area contributed by atoms with E-state index in [1.165, 1.54) is 11.8 Å². The van der Waals surface area contributed by atoms with Gasteiger partial charge in [0, 0.05) is 24.2 Å². The number of pyridine rings is 1. The Hall–Kier alpha value is -2.42. The molecule has 1 atom stereocenters. The number of aryl methyl sites for hydroxylation is 2. The molecule has 1 aliphatic rings. The van der Waals surface area contributed by atoms with Crippen LogP contribution in [-0.2, 0) is 14.8 Å². The van der Waals surface area contributed by atoms with Crippen LogP contribution in [0.1, 0.15) is 36.5 Å². The molecule has 0 bridgehead atoms. The van der Waals surface area contributed by atoms with Crippen molar-refractivity contribution in [3.63, 3.8) is 0 Å². The lowest BCUT2D eigenvalue weighted by Crippen LogP contribution is -2.27. The Balaban J connectivity index is 1.54. The zero-order valence-corrected chi connectivity index (χ0v) is 21.0. The molecule has 1 saturated heterocycles. The normalized spacial score (nSPS) is 15.6. The number of carbonyl (C=O) groups is 1. The molecular formula is C25H29N3O3S2. The highest BCUT2D eigenvalue weighted by atomic mass is 32.2. The van der Waals surface area contributed by atoms with Gasteiger partial charge in [-0.25, -0.2) is 13.4 Å². The molecule has 1 fully saturated rings. The van der Waals surface area contributed by atoms with Gasteiger partial charge in [0.05, 0.1) is 20.7 Å². The van der Waals surface area contributed by atoms with Crippen LogP contribution in [0.4, 0.5) is 5.69 Å². The number of anilines is 1. The third kappa shape index (κ3) is 4.93. The van der Waals surface area contributed by atoms with Gasteiger partial charge in [0.2, 0.25) is 15.9 Å². The average Bonchev–Trinajstić information content (AvgIpc) is 3.32. The number of rotatable bonds is 6. The largest absolute Gasteiger partial charge is 0.325 e. The Morgan fingerprint density at radius 3 is 2.52 bits per heavy atom. The number of thioether (sulfide) groups is 1. The minimum Gasteiger partial charge on any atom is -0.325 e. The van der Waals surface area contributed by atoms with Gasteiger partial charge in [-0.2, -0.15) is 4.31 Å². The molecule has 1 aromatic heterocycles. The fraction of sp³-hybridized carbons (Fsp3) is 0.360. The van der Waals surface area contributed by atoms with Crippen LogP contribution in [0.5, 0.6) is 0 Å². The first-order chi connectivity index (χ1) is 15.7. The highest BCUT2D eigenvalue weighted by molar-refractivity contribution is 8.00. The van der Waals surface area contributed by atoms with E-state index in [1.54, 1.807) is 22.5 Å². The fourth-order valence-electron chi connectivity index (χ4n) is 4.00. The highest BCUT2D eigenvalue weighted by Gasteiger charge is 2.27. The minimum absolute atomic E-state index is 0.0831. The number of nitrogens with one attached hydrogen (secondary N) is 1. The predicted octanol–water partition coefficient (Wildman–Crippen LogP) is 5.06. The summed E-state index contributed by atoms with van der Waals surface area (Å²) in [5.41, 5.74) is 4.67. The molecule has 8 heteroatoms. The van der Waals surface area contributed by atoms with Gasteiger partial charge in [-0.15, -0.1) is 0 Å². The number of benzene rings is 2. The van der Waals surface area contributed by atoms with Crippen LogP contribution in [-0.4, -0.2) is 42.0 Å². The van der Waals surface area contributed by atoms with Crippen molar-refractivity contribution < 1.29 is 13.2 Å². The van der Waals surface area contributed by atoms with Gasteiger partial charge in [-0.3, -0.25) is 4.79 Å². The van der Waals surface area contributed by atoms with E-state index in [9.17, 15) is 13.2 Å². The Kier molecular flexibility index (Phi) is 6.79. The highest BCUT2D eigenvalue weighted by Crippen LogP contribution is 2.30. The molecule has 0 unspecified atom stereocenters. The summed E-state index contributed by atoms with van der Waals surface area (Å²) < 4.78 is 27.4. The molecule has 2 aromatic carbocycles. The van der Waals surface area contributed by atoms with Gasteiger partial charge in [0.15, 0.2) is 0 Å². The van der Waals surface area contributed by atoms with Crippen molar-refractivity contribution >= 4 is 44.3 Å². The van der Waals surface area contributed by atoms with Gasteiger partial charge in [0.25, 0.3) is 0 Å². The molecule has 174 valence electrons. The molecule has 33 heavy (non-hydrogen) atoms. The zero-order valence-electron chi connectivity index (χ0n) is 19.4. The van der Waals surface area contributed by atoms with Crippen molar-refractivity contribution in [2.45, 2.75) is 55.7 Å². The van der Waals surface area contributed by atoms with Gasteiger partial charge in [-0.1, -0.05) is 23.9 Å². The van der Waals surface area contributed by atoms with Crippen LogP contribution >= 0.6 is 11.8 Å². The number of amides is 1. The van der Waals surface area contributed by atoms with Crippen LogP contribution in [0, 0.1) is 20.8 Å². The van der Waals surface area contributed by atoms with E-state index < -0.39 is 10.0 Å². The number of hydrogen-bond acceptors (Lipinski definition) is 5. The van der Waals surface area contributed by atoms with Crippen LogP contribution in [0.15, 0.2) is 52.4 Å². The summed E-state index contributed by atoms with van der Waals surface area (Å²) in [5.74, 6) is -0.0831. The van der Waals surface area contributed by atoms with E-state index >= 15 is 0 Å². The first-order valence-corrected chi connectivity index (χ1v) is 13.4. The SMILES string of the molecule is Cc1cccc(NC(=O)[C@H](C)Sc2cc(C)c3cc(S(=O)(=O)N4CCCC4)ccc3n2)c1C. The van der Waals surface area contributed by atoms with Crippen LogP contribution in [0.3, 0.4) is 0 Å². The van der Waals surface area contributed by atoms with Crippen LogP contribution in [0.25, 0.3) is 10.9 Å². The lowest BCUT2D eigenvalue weighted by molar-refractivity contribution is -0.115. The average molecular weight is 484 g/mol. The van der Waals surface area contributed by atoms with Gasteiger partial charge >= 0.3 is 0 Å². The first-order valence-electron chi connectivity index (χ1n) is 11.1. The standard InChI is InChI=1S/C25H29N3O3S2/c1-16-8-7-9-22(18(16)3)27-25(29)19(4)32-24-14-17(2)21-15-20(10-11-23(21)26-24)33(30,31)28-12-5-6-13-28/h7-11,14-15,19H,5-6,12-13H2,1-4H3,(H,27,29)/t19-/m0/s1. The third-order valence-electron chi connectivity index (χ3n) is 6.20. The maximum atomic E-state index is 12.9. The third-order valence-corrected chi connectivity index (χ3v) is 9.11. The number of nitrogens with zero attached hydrogens (tertiary/aromatic N) is 2. The van der Waals surface area contributed by atoms with Crippen molar-refractivity contribution in [3.05, 3.63) is 59.2 Å².